The molecule has 2 aromatic rings. The van der Waals surface area contributed by atoms with Crippen molar-refractivity contribution in [1.82, 2.24) is 20.1 Å². The summed E-state index contributed by atoms with van der Waals surface area (Å²) < 4.78 is 51.3. The molecule has 0 bridgehead atoms. The summed E-state index contributed by atoms with van der Waals surface area (Å²) in [5, 5.41) is 39.4. The Morgan fingerprint density at radius 2 is 1.04 bits per heavy atom. The molecule has 2 atom stereocenters. The van der Waals surface area contributed by atoms with Crippen LogP contribution in [0.15, 0.2) is 68.5 Å². The molecule has 2 heterocycles. The zero-order valence-electron chi connectivity index (χ0n) is 28.6. The molecule has 18 nitrogen and oxygen atoms in total. The van der Waals surface area contributed by atoms with Crippen LogP contribution in [-0.4, -0.2) is 131 Å². The van der Waals surface area contributed by atoms with Crippen LogP contribution in [-0.2, 0) is 34.0 Å². The molecule has 2 unspecified atom stereocenters. The normalized spacial score (nSPS) is 20.9. The fourth-order valence-corrected chi connectivity index (χ4v) is 6.14. The minimum Gasteiger partial charge on any atom is -0.463 e. The van der Waals surface area contributed by atoms with E-state index in [1.165, 1.54) is 76.5 Å². The summed E-state index contributed by atoms with van der Waals surface area (Å²) in [6, 6.07) is 11.1. The van der Waals surface area contributed by atoms with E-state index in [9.17, 15) is 46.4 Å². The van der Waals surface area contributed by atoms with E-state index < -0.39 is 60.4 Å². The van der Waals surface area contributed by atoms with E-state index in [-0.39, 0.29) is 31.3 Å². The Hall–Kier alpha value is -4.92. The maximum atomic E-state index is 12.7. The Morgan fingerprint density at radius 3 is 1.32 bits per heavy atom. The van der Waals surface area contributed by atoms with Gasteiger partial charge < -0.3 is 9.84 Å². The topological polar surface area (TPSA) is 244 Å². The van der Waals surface area contributed by atoms with Gasteiger partial charge in [-0.05, 0) is 58.9 Å². The summed E-state index contributed by atoms with van der Waals surface area (Å²) >= 11 is 0. The number of ether oxygens (including phenoxy) is 1. The standard InChI is InChI=1S/C17H23N3O6S.C13H15N3O6S/c1-16(2,3)26-15(22)20(23)17(4)13(18-19(5)14(17)21)11-7-9-12(10-8-11)27(6,24)25;1-13(16(20)12(18)19)10(14-15(2)11(13)17)8-4-6-9(7-5-8)23(3,21)22/h7-10,23H,1-6H3;4-7,20H,1-3H3,(H,18,19). The molecule has 50 heavy (non-hydrogen) atoms. The fourth-order valence-electron chi connectivity index (χ4n) is 4.88. The van der Waals surface area contributed by atoms with Crippen LogP contribution in [0.5, 0.6) is 0 Å². The summed E-state index contributed by atoms with van der Waals surface area (Å²) in [4.78, 5) is 48.4. The number of rotatable bonds is 6. The van der Waals surface area contributed by atoms with Gasteiger partial charge in [0.05, 0.1) is 9.79 Å². The zero-order chi connectivity index (χ0) is 38.4. The van der Waals surface area contributed by atoms with Gasteiger partial charge in [0, 0.05) is 37.7 Å². The van der Waals surface area contributed by atoms with Crippen molar-refractivity contribution >= 4 is 55.1 Å². The SMILES string of the molecule is CN1N=C(c2ccc(S(C)(=O)=O)cc2)C(C)(N(O)C(=O)O)C1=O.CN1N=C(c2ccc(S(C)(=O)=O)cc2)C(C)(N(O)C(=O)OC(C)(C)C)C1=O. The lowest BCUT2D eigenvalue weighted by Gasteiger charge is -2.33. The largest absolute Gasteiger partial charge is 0.463 e. The third kappa shape index (κ3) is 7.62. The van der Waals surface area contributed by atoms with Crippen LogP contribution in [0.1, 0.15) is 45.7 Å². The molecule has 0 fully saturated rings. The number of benzene rings is 2. The zero-order valence-corrected chi connectivity index (χ0v) is 30.3. The fraction of sp³-hybridized carbons (Fsp3) is 0.400. The second-order valence-electron chi connectivity index (χ2n) is 12.7. The van der Waals surface area contributed by atoms with Gasteiger partial charge in [-0.1, -0.05) is 24.3 Å². The predicted molar refractivity (Wildman–Crippen MR) is 176 cm³/mol. The molecule has 0 aromatic heterocycles. The van der Waals surface area contributed by atoms with Crippen LogP contribution in [0, 0.1) is 0 Å². The lowest BCUT2D eigenvalue weighted by Crippen LogP contribution is -2.59. The summed E-state index contributed by atoms with van der Waals surface area (Å²) in [6.45, 7) is 7.44. The first kappa shape index (κ1) is 39.5. The Balaban J connectivity index is 0.000000274. The number of nitrogens with zero attached hydrogens (tertiary/aromatic N) is 6. The summed E-state index contributed by atoms with van der Waals surface area (Å²) in [5.41, 5.74) is -3.85. The molecule has 2 aliphatic heterocycles. The van der Waals surface area contributed by atoms with E-state index in [1.54, 1.807) is 20.8 Å². The van der Waals surface area contributed by atoms with E-state index >= 15 is 0 Å². The summed E-state index contributed by atoms with van der Waals surface area (Å²) in [5.74, 6) is -1.37. The van der Waals surface area contributed by atoms with Crippen molar-refractivity contribution in [3.63, 3.8) is 0 Å². The lowest BCUT2D eigenvalue weighted by molar-refractivity contribution is -0.162. The smallest absolute Gasteiger partial charge is 0.435 e. The van der Waals surface area contributed by atoms with Crippen molar-refractivity contribution < 1.29 is 56.3 Å². The monoisotopic (exact) mass is 738 g/mol. The second-order valence-corrected chi connectivity index (χ2v) is 16.7. The van der Waals surface area contributed by atoms with Gasteiger partial charge in [0.15, 0.2) is 30.8 Å². The quantitative estimate of drug-likeness (QED) is 0.285. The van der Waals surface area contributed by atoms with Gasteiger partial charge >= 0.3 is 12.2 Å². The van der Waals surface area contributed by atoms with Gasteiger partial charge in [-0.15, -0.1) is 0 Å². The number of carboxylic acid groups (broad SMARTS) is 1. The minimum atomic E-state index is -3.39. The molecule has 4 rings (SSSR count). The molecule has 0 saturated heterocycles. The third-order valence-electron chi connectivity index (χ3n) is 7.55. The van der Waals surface area contributed by atoms with Gasteiger partial charge in [-0.3, -0.25) is 20.0 Å². The van der Waals surface area contributed by atoms with E-state index in [4.69, 9.17) is 9.84 Å². The third-order valence-corrected chi connectivity index (χ3v) is 9.81. The van der Waals surface area contributed by atoms with E-state index in [0.29, 0.717) is 11.1 Å². The van der Waals surface area contributed by atoms with Gasteiger partial charge in [-0.2, -0.15) is 20.3 Å². The van der Waals surface area contributed by atoms with E-state index in [2.05, 4.69) is 10.2 Å². The second kappa shape index (κ2) is 13.4. The first-order valence-corrected chi connectivity index (χ1v) is 18.2. The molecular formula is C30H38N6O12S2. The molecule has 2 aromatic carbocycles. The molecular weight excluding hydrogens is 700 g/mol. The van der Waals surface area contributed by atoms with Gasteiger partial charge in [0.1, 0.15) is 17.0 Å². The molecule has 0 radical (unpaired) electrons. The maximum Gasteiger partial charge on any atom is 0.435 e. The Morgan fingerprint density at radius 1 is 0.720 bits per heavy atom. The molecule has 2 aliphatic rings. The molecule has 0 spiro atoms. The highest BCUT2D eigenvalue weighted by Crippen LogP contribution is 2.31. The number of amides is 4. The van der Waals surface area contributed by atoms with Crippen LogP contribution >= 0.6 is 0 Å². The number of likely N-dealkylation sites (N-methyl/N-ethyl adjacent to an activating group) is 2. The van der Waals surface area contributed by atoms with Crippen LogP contribution in [0.2, 0.25) is 0 Å². The number of sulfone groups is 2. The molecule has 0 aliphatic carbocycles. The highest BCUT2D eigenvalue weighted by atomic mass is 32.2. The molecule has 272 valence electrons. The van der Waals surface area contributed by atoms with Crippen LogP contribution < -0.4 is 0 Å². The van der Waals surface area contributed by atoms with Crippen molar-refractivity contribution in [2.24, 2.45) is 10.2 Å². The number of hydroxylamine groups is 4. The van der Waals surface area contributed by atoms with Crippen LogP contribution in [0.4, 0.5) is 9.59 Å². The number of carbonyl (C=O) groups excluding carboxylic acids is 3. The lowest BCUT2D eigenvalue weighted by atomic mass is 9.90. The average molecular weight is 739 g/mol. The Labute approximate surface area is 288 Å². The summed E-state index contributed by atoms with van der Waals surface area (Å²) in [7, 11) is -4.07. The highest BCUT2D eigenvalue weighted by Gasteiger charge is 2.55. The van der Waals surface area contributed by atoms with E-state index in [0.717, 1.165) is 22.5 Å². The molecule has 4 amide bonds. The summed E-state index contributed by atoms with van der Waals surface area (Å²) in [6.07, 6.45) is -0.684. The van der Waals surface area contributed by atoms with Gasteiger partial charge in [-0.25, -0.2) is 36.4 Å². The maximum absolute atomic E-state index is 12.7. The van der Waals surface area contributed by atoms with Gasteiger partial charge in [0.2, 0.25) is 0 Å². The van der Waals surface area contributed by atoms with Crippen LogP contribution in [0.3, 0.4) is 0 Å². The van der Waals surface area contributed by atoms with E-state index in [1.807, 2.05) is 0 Å². The van der Waals surface area contributed by atoms with Crippen molar-refractivity contribution in [1.29, 1.82) is 0 Å². The number of hydrogen-bond donors (Lipinski definition) is 3. The molecule has 3 N–H and O–H groups in total. The Kier molecular flexibility index (Phi) is 10.6. The minimum absolute atomic E-state index is 0.00467. The van der Waals surface area contributed by atoms with Crippen molar-refractivity contribution in [3.05, 3.63) is 59.7 Å². The number of carbonyl (C=O) groups is 4. The van der Waals surface area contributed by atoms with Crippen molar-refractivity contribution in [3.8, 4) is 0 Å². The van der Waals surface area contributed by atoms with Crippen molar-refractivity contribution in [2.75, 3.05) is 26.6 Å². The molecule has 20 heteroatoms. The average Bonchev–Trinajstić information content (AvgIpc) is 3.39. The van der Waals surface area contributed by atoms with Crippen LogP contribution in [0.25, 0.3) is 0 Å². The highest BCUT2D eigenvalue weighted by molar-refractivity contribution is 7.91. The predicted octanol–water partition coefficient (Wildman–Crippen LogP) is 2.05. The first-order valence-electron chi connectivity index (χ1n) is 14.5. The van der Waals surface area contributed by atoms with Crippen molar-refractivity contribution in [2.45, 2.75) is 61.1 Å². The first-order chi connectivity index (χ1) is 22.7. The Bertz CT molecular complexity index is 1990. The number of hydrazone groups is 2. The number of hydrogen-bond acceptors (Lipinski definition) is 13. The van der Waals surface area contributed by atoms with Gasteiger partial charge in [0.25, 0.3) is 11.8 Å². The molecule has 0 saturated carbocycles.